The summed E-state index contributed by atoms with van der Waals surface area (Å²) in [6.07, 6.45) is 3.45. The minimum atomic E-state index is -2.75. The predicted molar refractivity (Wildman–Crippen MR) is 108 cm³/mol. The number of aromatic nitrogens is 3. The molecule has 2 aromatic heterocycles. The van der Waals surface area contributed by atoms with Gasteiger partial charge in [0.25, 0.3) is 11.8 Å². The van der Waals surface area contributed by atoms with Crippen LogP contribution in [-0.4, -0.2) is 26.8 Å². The number of amides is 1. The molecule has 0 radical (unpaired) electrons. The number of nitrogens with one attached hydrogen (secondary N) is 1. The molecule has 0 aliphatic heterocycles. The number of hydrogen-bond acceptors (Lipinski definition) is 4. The highest BCUT2D eigenvalue weighted by Gasteiger charge is 2.37. The number of nitrogens with zero attached hydrogens (tertiary/aromatic N) is 3. The zero-order chi connectivity index (χ0) is 22.8. The summed E-state index contributed by atoms with van der Waals surface area (Å²) in [5.74, 6) is -5.99. The minimum Gasteiger partial charge on any atom is -0.305 e. The summed E-state index contributed by atoms with van der Waals surface area (Å²) in [4.78, 5) is 23.7. The number of fused-ring (bicyclic) bond motifs is 1. The molecular weight excluding hydrogens is 412 g/mol. The lowest BCUT2D eigenvalue weighted by atomic mass is 9.99. The van der Waals surface area contributed by atoms with E-state index in [1.165, 1.54) is 12.4 Å². The molecule has 0 fully saturated rings. The van der Waals surface area contributed by atoms with Gasteiger partial charge in [-0.15, -0.1) is 0 Å². The summed E-state index contributed by atoms with van der Waals surface area (Å²) in [6, 6.07) is 3.40. The molecule has 0 atom stereocenters. The molecule has 0 saturated heterocycles. The van der Waals surface area contributed by atoms with Crippen molar-refractivity contribution in [2.45, 2.75) is 39.5 Å². The highest BCUT2D eigenvalue weighted by molar-refractivity contribution is 6.04. The van der Waals surface area contributed by atoms with E-state index in [-0.39, 0.29) is 18.7 Å². The van der Waals surface area contributed by atoms with Gasteiger partial charge in [0, 0.05) is 18.4 Å². The van der Waals surface area contributed by atoms with E-state index in [4.69, 9.17) is 0 Å². The van der Waals surface area contributed by atoms with E-state index in [1.54, 1.807) is 19.1 Å². The Bertz CT molecular complexity index is 1100. The van der Waals surface area contributed by atoms with Crippen LogP contribution in [0.4, 0.5) is 23.4 Å². The van der Waals surface area contributed by atoms with Crippen molar-refractivity contribution in [2.75, 3.05) is 5.32 Å². The Morgan fingerprint density at radius 2 is 1.58 bits per heavy atom. The molecule has 1 N–H and O–H groups in total. The largest absolute Gasteiger partial charge is 0.305 e. The van der Waals surface area contributed by atoms with Gasteiger partial charge in [-0.1, -0.05) is 19.9 Å². The lowest BCUT2D eigenvalue weighted by Gasteiger charge is -2.10. The number of aryl methyl sites for hydroxylation is 1. The molecule has 1 aliphatic carbocycles. The smallest absolute Gasteiger partial charge is 0.262 e. The highest BCUT2D eigenvalue weighted by atomic mass is 19.3. The first-order chi connectivity index (χ1) is 14.7. The summed E-state index contributed by atoms with van der Waals surface area (Å²) >= 11 is 0. The van der Waals surface area contributed by atoms with Crippen LogP contribution in [0.5, 0.6) is 0 Å². The van der Waals surface area contributed by atoms with E-state index < -0.39 is 29.0 Å². The van der Waals surface area contributed by atoms with E-state index in [1.807, 2.05) is 13.8 Å². The van der Waals surface area contributed by atoms with Crippen molar-refractivity contribution < 1.29 is 22.4 Å². The second-order valence-electron chi connectivity index (χ2n) is 6.86. The summed E-state index contributed by atoms with van der Waals surface area (Å²) in [5.41, 5.74) is 2.26. The summed E-state index contributed by atoms with van der Waals surface area (Å²) in [5, 5.41) is 2.27. The molecule has 0 saturated carbocycles. The third kappa shape index (κ3) is 4.70. The lowest BCUT2D eigenvalue weighted by Crippen LogP contribution is -2.17. The van der Waals surface area contributed by atoms with Crippen molar-refractivity contribution in [1.82, 2.24) is 15.0 Å². The van der Waals surface area contributed by atoms with Gasteiger partial charge >= 0.3 is 0 Å². The minimum absolute atomic E-state index is 0.0142. The van der Waals surface area contributed by atoms with Crippen molar-refractivity contribution in [3.05, 3.63) is 70.8 Å². The molecule has 0 unspecified atom stereocenters. The molecule has 3 aromatic rings. The summed E-state index contributed by atoms with van der Waals surface area (Å²) < 4.78 is 54.6. The van der Waals surface area contributed by atoms with E-state index in [0.29, 0.717) is 22.4 Å². The van der Waals surface area contributed by atoms with Crippen molar-refractivity contribution in [3.8, 4) is 11.3 Å². The Morgan fingerprint density at radius 3 is 2.16 bits per heavy atom. The molecule has 5 nitrogen and oxygen atoms in total. The second kappa shape index (κ2) is 8.79. The van der Waals surface area contributed by atoms with Gasteiger partial charge in [0.1, 0.15) is 5.56 Å². The van der Waals surface area contributed by atoms with Crippen LogP contribution in [0.3, 0.4) is 0 Å². The van der Waals surface area contributed by atoms with Crippen LogP contribution in [0.1, 0.15) is 40.9 Å². The Hall–Kier alpha value is -3.36. The fraction of sp³-hybridized carbons (Fsp3) is 0.273. The van der Waals surface area contributed by atoms with Gasteiger partial charge in [0.2, 0.25) is 0 Å². The number of anilines is 1. The van der Waals surface area contributed by atoms with Crippen molar-refractivity contribution in [3.63, 3.8) is 0 Å². The normalized spacial score (nSPS) is 13.8. The average molecular weight is 432 g/mol. The number of alkyl halides is 2. The maximum Gasteiger partial charge on any atom is 0.262 e. The Kier molecular flexibility index (Phi) is 6.33. The zero-order valence-electron chi connectivity index (χ0n) is 17.1. The Morgan fingerprint density at radius 1 is 0.968 bits per heavy atom. The van der Waals surface area contributed by atoms with Gasteiger partial charge in [-0.2, -0.15) is 0 Å². The number of hydrogen-bond donors (Lipinski definition) is 1. The van der Waals surface area contributed by atoms with Gasteiger partial charge in [-0.25, -0.2) is 22.5 Å². The van der Waals surface area contributed by atoms with Gasteiger partial charge in [-0.05, 0) is 29.7 Å². The first-order valence-electron chi connectivity index (χ1n) is 9.66. The molecule has 9 heteroatoms. The molecule has 31 heavy (non-hydrogen) atoms. The third-order valence-electron chi connectivity index (χ3n) is 4.69. The summed E-state index contributed by atoms with van der Waals surface area (Å²) in [7, 11) is 0. The van der Waals surface area contributed by atoms with Crippen molar-refractivity contribution in [1.29, 1.82) is 0 Å². The molecule has 162 valence electrons. The highest BCUT2D eigenvalue weighted by Crippen LogP contribution is 2.37. The van der Waals surface area contributed by atoms with E-state index in [2.05, 4.69) is 20.3 Å². The topological polar surface area (TPSA) is 67.8 Å². The molecular formula is C22H20F4N4O. The Balaban J connectivity index is 0.00000132. The third-order valence-corrected chi connectivity index (χ3v) is 4.69. The molecule has 1 aliphatic rings. The number of rotatable bonds is 3. The number of carbonyl (C=O) groups excluding carboxylic acids is 1. The van der Waals surface area contributed by atoms with Crippen LogP contribution >= 0.6 is 0 Å². The van der Waals surface area contributed by atoms with Crippen LogP contribution in [-0.2, 0) is 12.8 Å². The lowest BCUT2D eigenvalue weighted by molar-refractivity contribution is 0.0130. The number of carbonyl (C=O) groups is 1. The monoisotopic (exact) mass is 432 g/mol. The first kappa shape index (κ1) is 22.3. The maximum atomic E-state index is 13.6. The first-order valence-corrected chi connectivity index (χ1v) is 9.66. The fourth-order valence-electron chi connectivity index (χ4n) is 3.38. The SMILES string of the molecule is CC.Cc1cc2c(cc1-c1cnc(NC(=O)c3c(F)cncc3F)cn1)CC(F)(F)C2. The van der Waals surface area contributed by atoms with Crippen LogP contribution in [0, 0.1) is 18.6 Å². The van der Waals surface area contributed by atoms with Crippen LogP contribution in [0.15, 0.2) is 36.9 Å². The number of halogens is 4. The maximum absolute atomic E-state index is 13.6. The predicted octanol–water partition coefficient (Wildman–Crippen LogP) is 5.14. The molecule has 2 heterocycles. The van der Waals surface area contributed by atoms with Gasteiger partial charge < -0.3 is 5.32 Å². The molecule has 1 amide bonds. The van der Waals surface area contributed by atoms with Gasteiger partial charge in [-0.3, -0.25) is 14.8 Å². The molecule has 0 bridgehead atoms. The molecule has 1 aromatic carbocycles. The van der Waals surface area contributed by atoms with Crippen LogP contribution < -0.4 is 5.32 Å². The Labute approximate surface area is 176 Å². The van der Waals surface area contributed by atoms with Crippen LogP contribution in [0.2, 0.25) is 0 Å². The molecule has 0 spiro atoms. The quantitative estimate of drug-likeness (QED) is 0.582. The summed E-state index contributed by atoms with van der Waals surface area (Å²) in [6.45, 7) is 5.79. The number of pyridine rings is 1. The van der Waals surface area contributed by atoms with E-state index in [9.17, 15) is 22.4 Å². The average Bonchev–Trinajstić information content (AvgIpc) is 3.02. The van der Waals surface area contributed by atoms with E-state index >= 15 is 0 Å². The van der Waals surface area contributed by atoms with Crippen molar-refractivity contribution >= 4 is 11.7 Å². The second-order valence-corrected chi connectivity index (χ2v) is 6.86. The van der Waals surface area contributed by atoms with Crippen molar-refractivity contribution in [2.24, 2.45) is 0 Å². The van der Waals surface area contributed by atoms with Gasteiger partial charge in [0.05, 0.1) is 30.5 Å². The zero-order valence-corrected chi connectivity index (χ0v) is 17.1. The van der Waals surface area contributed by atoms with Crippen LogP contribution in [0.25, 0.3) is 11.3 Å². The van der Waals surface area contributed by atoms with E-state index in [0.717, 1.165) is 18.0 Å². The molecule has 4 rings (SSSR count). The fourth-order valence-corrected chi connectivity index (χ4v) is 3.38. The standard InChI is InChI=1S/C20H14F4N4O.C2H6/c1-10-2-11-4-20(23,24)5-12(11)3-13(10)16-8-27-17(9-26-16)28-19(29)18-14(21)6-25-7-15(18)22;1-2/h2-3,6-9H,4-5H2,1H3,(H,27,28,29);1-2H3. The number of benzene rings is 1. The van der Waals surface area contributed by atoms with Gasteiger partial charge in [0.15, 0.2) is 17.5 Å².